The monoisotopic (exact) mass is 430 g/mol. The fourth-order valence-corrected chi connectivity index (χ4v) is 4.35. The fourth-order valence-electron chi connectivity index (χ4n) is 3.60. The zero-order valence-electron chi connectivity index (χ0n) is 17.3. The largest absolute Gasteiger partial charge is 0.497 e. The molecule has 1 aliphatic rings. The Hall–Kier alpha value is -2.38. The first kappa shape index (κ1) is 22.3. The van der Waals surface area contributed by atoms with E-state index in [2.05, 4.69) is 16.3 Å². The zero-order valence-corrected chi connectivity index (χ0v) is 18.1. The molecule has 160 valence electrons. The molecule has 1 unspecified atom stereocenters. The highest BCUT2D eigenvalue weighted by Crippen LogP contribution is 2.27. The van der Waals surface area contributed by atoms with E-state index in [0.717, 1.165) is 49.0 Å². The molecular weight excluding hydrogens is 403 g/mol. The van der Waals surface area contributed by atoms with Crippen LogP contribution < -0.4 is 10.1 Å². The molecule has 1 atom stereocenters. The minimum Gasteiger partial charge on any atom is -0.497 e. The number of thioether (sulfide) groups is 1. The van der Waals surface area contributed by atoms with Crippen LogP contribution in [-0.4, -0.2) is 49.1 Å². The summed E-state index contributed by atoms with van der Waals surface area (Å²) < 4.78 is 19.5. The van der Waals surface area contributed by atoms with Gasteiger partial charge in [-0.15, -0.1) is 11.8 Å². The van der Waals surface area contributed by atoms with Gasteiger partial charge in [-0.25, -0.2) is 4.39 Å². The van der Waals surface area contributed by atoms with E-state index < -0.39 is 5.82 Å². The molecule has 1 aliphatic heterocycles. The molecule has 0 spiro atoms. The third-order valence-electron chi connectivity index (χ3n) is 5.25. The van der Waals surface area contributed by atoms with Crippen molar-refractivity contribution < 1.29 is 18.7 Å². The highest BCUT2D eigenvalue weighted by molar-refractivity contribution is 8.00. The summed E-state index contributed by atoms with van der Waals surface area (Å²) in [5, 5.41) is 3.00. The zero-order chi connectivity index (χ0) is 21.5. The number of nitrogens with one attached hydrogen (secondary N) is 1. The number of halogens is 1. The highest BCUT2D eigenvalue weighted by Gasteiger charge is 2.24. The number of hydrogen-bond donors (Lipinski definition) is 1. The lowest BCUT2D eigenvalue weighted by Gasteiger charge is -2.28. The van der Waals surface area contributed by atoms with E-state index in [1.165, 1.54) is 13.0 Å². The van der Waals surface area contributed by atoms with E-state index >= 15 is 0 Å². The summed E-state index contributed by atoms with van der Waals surface area (Å²) >= 11 is 1.13. The van der Waals surface area contributed by atoms with Crippen molar-refractivity contribution in [2.75, 3.05) is 32.5 Å². The molecule has 0 bridgehead atoms. The highest BCUT2D eigenvalue weighted by atomic mass is 32.2. The minimum absolute atomic E-state index is 0.0723. The Morgan fingerprint density at radius 3 is 2.63 bits per heavy atom. The van der Waals surface area contributed by atoms with E-state index in [-0.39, 0.29) is 23.5 Å². The number of methoxy groups -OCH3 is 1. The molecule has 0 aliphatic carbocycles. The first-order valence-corrected chi connectivity index (χ1v) is 11.0. The molecular formula is C23H27FN2O3S. The summed E-state index contributed by atoms with van der Waals surface area (Å²) in [6, 6.07) is 12.4. The van der Waals surface area contributed by atoms with Crippen molar-refractivity contribution in [1.29, 1.82) is 0 Å². The van der Waals surface area contributed by atoms with E-state index in [1.54, 1.807) is 19.2 Å². The van der Waals surface area contributed by atoms with Crippen LogP contribution in [0.5, 0.6) is 5.75 Å². The van der Waals surface area contributed by atoms with Crippen molar-refractivity contribution in [2.45, 2.75) is 30.7 Å². The van der Waals surface area contributed by atoms with Gasteiger partial charge in [-0.3, -0.25) is 14.5 Å². The Morgan fingerprint density at radius 2 is 1.97 bits per heavy atom. The maximum atomic E-state index is 14.1. The lowest BCUT2D eigenvalue weighted by molar-refractivity contribution is -0.118. The molecule has 5 nitrogen and oxygen atoms in total. The molecule has 30 heavy (non-hydrogen) atoms. The summed E-state index contributed by atoms with van der Waals surface area (Å²) in [5.41, 5.74) is 1.43. The van der Waals surface area contributed by atoms with Gasteiger partial charge in [-0.2, -0.15) is 0 Å². The second-order valence-corrected chi connectivity index (χ2v) is 8.35. The Kier molecular flexibility index (Phi) is 7.87. The maximum absolute atomic E-state index is 14.1. The van der Waals surface area contributed by atoms with Crippen molar-refractivity contribution in [3.63, 3.8) is 0 Å². The lowest BCUT2D eigenvalue weighted by Crippen LogP contribution is -2.37. The second kappa shape index (κ2) is 10.6. The van der Waals surface area contributed by atoms with Crippen molar-refractivity contribution in [1.82, 2.24) is 10.2 Å². The fraction of sp³-hybridized carbons (Fsp3) is 0.391. The van der Waals surface area contributed by atoms with Crippen molar-refractivity contribution >= 4 is 23.5 Å². The van der Waals surface area contributed by atoms with Crippen LogP contribution in [0.25, 0.3) is 0 Å². The Labute approximate surface area is 181 Å². The van der Waals surface area contributed by atoms with Crippen LogP contribution in [-0.2, 0) is 4.79 Å². The SMILES string of the molecule is COc1cccc(C(CNC(=O)CSc2ccc(C(C)=O)cc2F)N2CCCC2)c1. The summed E-state index contributed by atoms with van der Waals surface area (Å²) in [6.07, 6.45) is 2.31. The van der Waals surface area contributed by atoms with Gasteiger partial charge in [0.05, 0.1) is 18.9 Å². The molecule has 0 aromatic heterocycles. The third kappa shape index (κ3) is 5.83. The number of hydrogen-bond acceptors (Lipinski definition) is 5. The molecule has 1 amide bonds. The van der Waals surface area contributed by atoms with Crippen LogP contribution >= 0.6 is 11.8 Å². The maximum Gasteiger partial charge on any atom is 0.230 e. The van der Waals surface area contributed by atoms with Gasteiger partial charge >= 0.3 is 0 Å². The number of Topliss-reactive ketones (excluding diaryl/α,β-unsaturated/α-hetero) is 1. The van der Waals surface area contributed by atoms with E-state index in [4.69, 9.17) is 4.74 Å². The molecule has 0 saturated carbocycles. The molecule has 0 radical (unpaired) electrons. The number of benzene rings is 2. The van der Waals surface area contributed by atoms with E-state index in [9.17, 15) is 14.0 Å². The summed E-state index contributed by atoms with van der Waals surface area (Å²) in [5.74, 6) is 0.0898. The second-order valence-electron chi connectivity index (χ2n) is 7.33. The molecule has 1 saturated heterocycles. The average molecular weight is 431 g/mol. The van der Waals surface area contributed by atoms with Crippen molar-refractivity contribution in [3.05, 3.63) is 59.4 Å². The molecule has 2 aromatic carbocycles. The van der Waals surface area contributed by atoms with E-state index in [1.807, 2.05) is 18.2 Å². The van der Waals surface area contributed by atoms with Crippen LogP contribution in [0.2, 0.25) is 0 Å². The van der Waals surface area contributed by atoms with Crippen LogP contribution in [0.3, 0.4) is 0 Å². The lowest BCUT2D eigenvalue weighted by atomic mass is 10.0. The van der Waals surface area contributed by atoms with Crippen LogP contribution in [0, 0.1) is 5.82 Å². The van der Waals surface area contributed by atoms with Gasteiger partial charge in [-0.1, -0.05) is 18.2 Å². The summed E-state index contributed by atoms with van der Waals surface area (Å²) in [6.45, 7) is 3.88. The first-order chi connectivity index (χ1) is 14.5. The number of amides is 1. The predicted molar refractivity (Wildman–Crippen MR) is 117 cm³/mol. The van der Waals surface area contributed by atoms with Gasteiger partial charge in [0, 0.05) is 17.0 Å². The molecule has 2 aromatic rings. The van der Waals surface area contributed by atoms with Gasteiger partial charge in [0.2, 0.25) is 5.91 Å². The number of nitrogens with zero attached hydrogens (tertiary/aromatic N) is 1. The van der Waals surface area contributed by atoms with Crippen LogP contribution in [0.1, 0.15) is 41.7 Å². The smallest absolute Gasteiger partial charge is 0.230 e. The van der Waals surface area contributed by atoms with Crippen LogP contribution in [0.15, 0.2) is 47.4 Å². The van der Waals surface area contributed by atoms with Gasteiger partial charge in [0.15, 0.2) is 5.78 Å². The molecule has 1 fully saturated rings. The first-order valence-electron chi connectivity index (χ1n) is 10.1. The van der Waals surface area contributed by atoms with Crippen molar-refractivity contribution in [2.24, 2.45) is 0 Å². The number of likely N-dealkylation sites (tertiary alicyclic amines) is 1. The van der Waals surface area contributed by atoms with Gasteiger partial charge in [0.25, 0.3) is 0 Å². The van der Waals surface area contributed by atoms with Gasteiger partial charge < -0.3 is 10.1 Å². The number of carbonyl (C=O) groups excluding carboxylic acids is 2. The topological polar surface area (TPSA) is 58.6 Å². The summed E-state index contributed by atoms with van der Waals surface area (Å²) in [7, 11) is 1.64. The molecule has 3 rings (SSSR count). The van der Waals surface area contributed by atoms with Gasteiger partial charge in [-0.05, 0) is 62.7 Å². The number of ether oxygens (including phenoxy) is 1. The molecule has 7 heteroatoms. The summed E-state index contributed by atoms with van der Waals surface area (Å²) in [4.78, 5) is 26.5. The minimum atomic E-state index is -0.480. The molecule has 1 N–H and O–H groups in total. The van der Waals surface area contributed by atoms with Crippen molar-refractivity contribution in [3.8, 4) is 5.75 Å². The Balaban J connectivity index is 1.59. The number of rotatable bonds is 9. The number of carbonyl (C=O) groups is 2. The average Bonchev–Trinajstić information content (AvgIpc) is 3.27. The quantitative estimate of drug-likeness (QED) is 0.480. The Morgan fingerprint density at radius 1 is 1.20 bits per heavy atom. The van der Waals surface area contributed by atoms with Crippen LogP contribution in [0.4, 0.5) is 4.39 Å². The third-order valence-corrected chi connectivity index (χ3v) is 6.30. The Bertz CT molecular complexity index is 900. The number of ketones is 1. The van der Waals surface area contributed by atoms with Gasteiger partial charge in [0.1, 0.15) is 11.6 Å². The normalized spacial score (nSPS) is 15.0. The van der Waals surface area contributed by atoms with E-state index in [0.29, 0.717) is 17.0 Å². The molecule has 1 heterocycles. The predicted octanol–water partition coefficient (Wildman–Crippen LogP) is 4.08. The standard InChI is InChI=1S/C23H27FN2O3S/c1-16(27)17-8-9-22(20(24)13-17)30-15-23(28)25-14-21(26-10-3-4-11-26)18-6-5-7-19(12-18)29-2/h5-9,12-13,21H,3-4,10-11,14-15H2,1-2H3,(H,25,28).